The summed E-state index contributed by atoms with van der Waals surface area (Å²) < 4.78 is 14.7. The zero-order valence-corrected chi connectivity index (χ0v) is 14.1. The largest absolute Gasteiger partial charge is 0.351 e. The van der Waals surface area contributed by atoms with Crippen LogP contribution in [0.3, 0.4) is 0 Å². The smallest absolute Gasteiger partial charge is 0.234 e. The highest BCUT2D eigenvalue weighted by atomic mass is 32.2. The predicted molar refractivity (Wildman–Crippen MR) is 92.2 cm³/mol. The molecule has 128 valence electrons. The van der Waals surface area contributed by atoms with Crippen LogP contribution in [0, 0.1) is 5.82 Å². The van der Waals surface area contributed by atoms with E-state index in [0.717, 1.165) is 0 Å². The Morgan fingerprint density at radius 2 is 1.96 bits per heavy atom. The number of imidazole rings is 1. The minimum Gasteiger partial charge on any atom is -0.351 e. The Kier molecular flexibility index (Phi) is 6.80. The van der Waals surface area contributed by atoms with Gasteiger partial charge in [-0.2, -0.15) is 0 Å². The Bertz CT molecular complexity index is 661. The second-order valence-corrected chi connectivity index (χ2v) is 6.26. The van der Waals surface area contributed by atoms with Gasteiger partial charge in [-0.1, -0.05) is 0 Å². The lowest BCUT2D eigenvalue weighted by Crippen LogP contribution is -2.36. The van der Waals surface area contributed by atoms with Gasteiger partial charge in [-0.05, 0) is 31.2 Å². The van der Waals surface area contributed by atoms with Gasteiger partial charge in [0.2, 0.25) is 11.8 Å². The normalized spacial score (nSPS) is 11.8. The first-order chi connectivity index (χ1) is 11.5. The first-order valence-corrected chi connectivity index (χ1v) is 8.56. The van der Waals surface area contributed by atoms with Crippen molar-refractivity contribution in [2.75, 3.05) is 16.8 Å². The molecule has 0 saturated heterocycles. The number of anilines is 1. The summed E-state index contributed by atoms with van der Waals surface area (Å²) >= 11 is 1.22. The van der Waals surface area contributed by atoms with E-state index >= 15 is 0 Å². The first kappa shape index (κ1) is 18.0. The lowest BCUT2D eigenvalue weighted by Gasteiger charge is -2.14. The summed E-state index contributed by atoms with van der Waals surface area (Å²) in [6.45, 7) is 2.55. The minimum absolute atomic E-state index is 0.0275. The molecular weight excluding hydrogens is 331 g/mol. The number of benzene rings is 1. The molecule has 2 aromatic rings. The van der Waals surface area contributed by atoms with Crippen molar-refractivity contribution in [2.45, 2.75) is 19.5 Å². The fourth-order valence-corrected chi connectivity index (χ4v) is 2.67. The molecule has 1 atom stereocenters. The van der Waals surface area contributed by atoms with Gasteiger partial charge in [-0.3, -0.25) is 9.59 Å². The number of aromatic nitrogens is 2. The fraction of sp³-hybridized carbons (Fsp3) is 0.312. The Morgan fingerprint density at radius 3 is 2.62 bits per heavy atom. The maximum atomic E-state index is 12.8. The molecule has 1 heterocycles. The number of thioether (sulfide) groups is 1. The third-order valence-electron chi connectivity index (χ3n) is 3.05. The van der Waals surface area contributed by atoms with Gasteiger partial charge < -0.3 is 15.2 Å². The van der Waals surface area contributed by atoms with Gasteiger partial charge in [-0.25, -0.2) is 9.37 Å². The molecule has 8 heteroatoms. The van der Waals surface area contributed by atoms with Crippen LogP contribution < -0.4 is 10.6 Å². The molecule has 6 nitrogen and oxygen atoms in total. The van der Waals surface area contributed by atoms with Crippen LogP contribution >= 0.6 is 11.8 Å². The van der Waals surface area contributed by atoms with Crippen molar-refractivity contribution in [1.29, 1.82) is 0 Å². The summed E-state index contributed by atoms with van der Waals surface area (Å²) in [5.41, 5.74) is 0.528. The molecule has 2 N–H and O–H groups in total. The second-order valence-electron chi connectivity index (χ2n) is 5.28. The SMILES string of the molecule is CC(Cn1ccnc1)NC(=O)CSCC(=O)Nc1ccc(F)cc1. The molecule has 0 fully saturated rings. The molecule has 0 radical (unpaired) electrons. The number of nitrogens with zero attached hydrogens (tertiary/aromatic N) is 2. The number of nitrogens with one attached hydrogen (secondary N) is 2. The maximum absolute atomic E-state index is 12.8. The standard InChI is InChI=1S/C16H19FN4O2S/c1-12(8-21-7-6-18-11-21)19-15(22)9-24-10-16(23)20-14-4-2-13(17)3-5-14/h2-7,11-12H,8-10H2,1H3,(H,19,22)(H,20,23). The number of carbonyl (C=O) groups is 2. The third-order valence-corrected chi connectivity index (χ3v) is 3.98. The first-order valence-electron chi connectivity index (χ1n) is 7.41. The van der Waals surface area contributed by atoms with E-state index in [2.05, 4.69) is 15.6 Å². The van der Waals surface area contributed by atoms with Gasteiger partial charge in [0.25, 0.3) is 0 Å². The molecule has 2 amide bonds. The molecule has 0 aliphatic heterocycles. The van der Waals surface area contributed by atoms with E-state index in [1.54, 1.807) is 12.5 Å². The van der Waals surface area contributed by atoms with Crippen LogP contribution in [0.15, 0.2) is 43.0 Å². The van der Waals surface area contributed by atoms with Crippen molar-refractivity contribution >= 4 is 29.3 Å². The molecule has 0 aliphatic rings. The quantitative estimate of drug-likeness (QED) is 0.762. The highest BCUT2D eigenvalue weighted by Crippen LogP contribution is 2.09. The zero-order chi connectivity index (χ0) is 17.4. The van der Waals surface area contributed by atoms with Crippen LogP contribution in [-0.2, 0) is 16.1 Å². The number of hydrogen-bond acceptors (Lipinski definition) is 4. The van der Waals surface area contributed by atoms with Crippen LogP contribution in [0.25, 0.3) is 0 Å². The van der Waals surface area contributed by atoms with Gasteiger partial charge in [0, 0.05) is 30.7 Å². The molecule has 24 heavy (non-hydrogen) atoms. The molecule has 1 aromatic heterocycles. The van der Waals surface area contributed by atoms with Crippen LogP contribution in [0.2, 0.25) is 0 Å². The average molecular weight is 350 g/mol. The highest BCUT2D eigenvalue weighted by molar-refractivity contribution is 8.00. The van der Waals surface area contributed by atoms with Crippen LogP contribution in [0.5, 0.6) is 0 Å². The van der Waals surface area contributed by atoms with Crippen LogP contribution in [0.1, 0.15) is 6.92 Å². The van der Waals surface area contributed by atoms with Gasteiger partial charge >= 0.3 is 0 Å². The Morgan fingerprint density at radius 1 is 1.25 bits per heavy atom. The third kappa shape index (κ3) is 6.41. The highest BCUT2D eigenvalue weighted by Gasteiger charge is 2.09. The number of hydrogen-bond donors (Lipinski definition) is 2. The predicted octanol–water partition coefficient (Wildman–Crippen LogP) is 1.90. The van der Waals surface area contributed by atoms with E-state index in [1.807, 2.05) is 17.7 Å². The van der Waals surface area contributed by atoms with Crippen LogP contribution in [0.4, 0.5) is 10.1 Å². The van der Waals surface area contributed by atoms with E-state index in [9.17, 15) is 14.0 Å². The Labute approximate surface area is 143 Å². The summed E-state index contributed by atoms with van der Waals surface area (Å²) in [5, 5.41) is 5.51. The maximum Gasteiger partial charge on any atom is 0.234 e. The average Bonchev–Trinajstić information content (AvgIpc) is 3.02. The molecule has 0 aliphatic carbocycles. The van der Waals surface area contributed by atoms with Crippen molar-refractivity contribution in [3.05, 3.63) is 48.8 Å². The van der Waals surface area contributed by atoms with Crippen LogP contribution in [-0.4, -0.2) is 38.9 Å². The van der Waals surface area contributed by atoms with E-state index in [1.165, 1.54) is 36.0 Å². The molecule has 0 saturated carbocycles. The molecule has 0 bridgehead atoms. The number of halogens is 1. The summed E-state index contributed by atoms with van der Waals surface area (Å²) in [5.74, 6) is -0.358. The van der Waals surface area contributed by atoms with E-state index in [-0.39, 0.29) is 35.2 Å². The van der Waals surface area contributed by atoms with Crippen molar-refractivity contribution in [3.8, 4) is 0 Å². The summed E-state index contributed by atoms with van der Waals surface area (Å²) in [7, 11) is 0. The Hall–Kier alpha value is -2.35. The molecule has 1 aromatic carbocycles. The van der Waals surface area contributed by atoms with Crippen molar-refractivity contribution in [3.63, 3.8) is 0 Å². The summed E-state index contributed by atoms with van der Waals surface area (Å²) in [4.78, 5) is 27.5. The van der Waals surface area contributed by atoms with Crippen molar-refractivity contribution in [1.82, 2.24) is 14.9 Å². The summed E-state index contributed by atoms with van der Waals surface area (Å²) in [6.07, 6.45) is 5.21. The van der Waals surface area contributed by atoms with Gasteiger partial charge in [0.1, 0.15) is 5.82 Å². The minimum atomic E-state index is -0.358. The number of amides is 2. The van der Waals surface area contributed by atoms with Crippen molar-refractivity contribution in [2.24, 2.45) is 0 Å². The zero-order valence-electron chi connectivity index (χ0n) is 13.2. The molecule has 1 unspecified atom stereocenters. The molecule has 0 spiro atoms. The van der Waals surface area contributed by atoms with E-state index in [4.69, 9.17) is 0 Å². The van der Waals surface area contributed by atoms with Gasteiger partial charge in [-0.15, -0.1) is 11.8 Å². The monoisotopic (exact) mass is 350 g/mol. The molecular formula is C16H19FN4O2S. The summed E-state index contributed by atoms with van der Waals surface area (Å²) in [6, 6.07) is 5.50. The fourth-order valence-electron chi connectivity index (χ4n) is 2.04. The molecule has 2 rings (SSSR count). The second kappa shape index (κ2) is 9.07. The number of carbonyl (C=O) groups excluding carboxylic acids is 2. The van der Waals surface area contributed by atoms with Crippen molar-refractivity contribution < 1.29 is 14.0 Å². The van der Waals surface area contributed by atoms with Gasteiger partial charge in [0.15, 0.2) is 0 Å². The van der Waals surface area contributed by atoms with E-state index in [0.29, 0.717) is 12.2 Å². The lowest BCUT2D eigenvalue weighted by molar-refractivity contribution is -0.119. The lowest BCUT2D eigenvalue weighted by atomic mass is 10.3. The van der Waals surface area contributed by atoms with E-state index < -0.39 is 0 Å². The van der Waals surface area contributed by atoms with Gasteiger partial charge in [0.05, 0.1) is 17.8 Å². The Balaban J connectivity index is 1.62. The number of rotatable bonds is 8. The topological polar surface area (TPSA) is 76.0 Å².